The zero-order valence-corrected chi connectivity index (χ0v) is 15.6. The first-order valence-electron chi connectivity index (χ1n) is 9.43. The van der Waals surface area contributed by atoms with E-state index in [0.29, 0.717) is 31.0 Å². The molecule has 0 radical (unpaired) electrons. The number of aromatic nitrogens is 1. The van der Waals surface area contributed by atoms with Crippen molar-refractivity contribution in [2.24, 2.45) is 0 Å². The molecule has 2 aliphatic rings. The molecule has 0 bridgehead atoms. The molecule has 0 saturated carbocycles. The summed E-state index contributed by atoms with van der Waals surface area (Å²) in [6, 6.07) is 7.63. The van der Waals surface area contributed by atoms with Crippen molar-refractivity contribution in [2.45, 2.75) is 31.6 Å². The topological polar surface area (TPSA) is 49.4 Å². The summed E-state index contributed by atoms with van der Waals surface area (Å²) in [7, 11) is 0. The molecule has 0 aliphatic carbocycles. The van der Waals surface area contributed by atoms with E-state index in [2.05, 4.69) is 20.5 Å². The first-order chi connectivity index (χ1) is 13.4. The molecule has 1 aromatic carbocycles. The van der Waals surface area contributed by atoms with Crippen LogP contribution in [0.3, 0.4) is 0 Å². The number of hydrogen-bond donors (Lipinski definition) is 2. The Labute approximate surface area is 161 Å². The van der Waals surface area contributed by atoms with Crippen LogP contribution in [0, 0.1) is 0 Å². The summed E-state index contributed by atoms with van der Waals surface area (Å²) in [6.45, 7) is 5.07. The van der Waals surface area contributed by atoms with Gasteiger partial charge in [-0.1, -0.05) is 0 Å². The van der Waals surface area contributed by atoms with Crippen molar-refractivity contribution in [3.8, 4) is 0 Å². The molecule has 0 spiro atoms. The number of nitrogens with zero attached hydrogens (tertiary/aromatic N) is 2. The molecule has 0 amide bonds. The number of fused-ring (bicyclic) bond motifs is 1. The van der Waals surface area contributed by atoms with E-state index in [1.165, 1.54) is 12.1 Å². The van der Waals surface area contributed by atoms with Crippen LogP contribution in [0.25, 0.3) is 0 Å². The van der Waals surface area contributed by atoms with Crippen molar-refractivity contribution in [1.82, 2.24) is 4.98 Å². The lowest BCUT2D eigenvalue weighted by atomic mass is 9.92. The molecule has 28 heavy (non-hydrogen) atoms. The molecule has 4 rings (SSSR count). The van der Waals surface area contributed by atoms with Crippen LogP contribution in [0.5, 0.6) is 0 Å². The lowest BCUT2D eigenvalue weighted by Gasteiger charge is -2.33. The molecule has 2 aliphatic heterocycles. The van der Waals surface area contributed by atoms with Gasteiger partial charge in [0, 0.05) is 24.8 Å². The van der Waals surface area contributed by atoms with Gasteiger partial charge in [0.25, 0.3) is 0 Å². The fraction of sp³-hybridized carbons (Fsp3) is 0.450. The summed E-state index contributed by atoms with van der Waals surface area (Å²) in [6.07, 6.45) is -1.90. The van der Waals surface area contributed by atoms with Gasteiger partial charge in [-0.05, 0) is 49.2 Å². The Morgan fingerprint density at radius 2 is 1.96 bits per heavy atom. The first-order valence-corrected chi connectivity index (χ1v) is 9.43. The number of rotatable bonds is 3. The van der Waals surface area contributed by atoms with E-state index < -0.39 is 11.7 Å². The monoisotopic (exact) mass is 392 g/mol. The third kappa shape index (κ3) is 4.01. The van der Waals surface area contributed by atoms with Crippen LogP contribution < -0.4 is 15.5 Å². The average molecular weight is 392 g/mol. The van der Waals surface area contributed by atoms with Gasteiger partial charge in [-0.25, -0.2) is 4.98 Å². The van der Waals surface area contributed by atoms with Crippen LogP contribution in [0.15, 0.2) is 36.5 Å². The zero-order chi connectivity index (χ0) is 19.7. The van der Waals surface area contributed by atoms with E-state index in [-0.39, 0.29) is 12.1 Å². The van der Waals surface area contributed by atoms with Gasteiger partial charge in [-0.15, -0.1) is 0 Å². The Hall–Kier alpha value is -2.48. The number of anilines is 3. The molecule has 2 atom stereocenters. The second-order valence-electron chi connectivity index (χ2n) is 7.28. The smallest absolute Gasteiger partial charge is 0.382 e. The number of halogens is 3. The van der Waals surface area contributed by atoms with Crippen molar-refractivity contribution < 1.29 is 17.9 Å². The molecule has 2 aromatic rings. The minimum absolute atomic E-state index is 0.148. The number of pyridine rings is 1. The van der Waals surface area contributed by atoms with E-state index in [9.17, 15) is 13.2 Å². The molecule has 1 aromatic heterocycles. The van der Waals surface area contributed by atoms with Gasteiger partial charge in [0.2, 0.25) is 0 Å². The highest BCUT2D eigenvalue weighted by atomic mass is 19.4. The summed E-state index contributed by atoms with van der Waals surface area (Å²) in [5, 5.41) is 6.57. The Balaban J connectivity index is 1.55. The Kier molecular flexibility index (Phi) is 5.05. The van der Waals surface area contributed by atoms with Gasteiger partial charge in [-0.2, -0.15) is 13.2 Å². The van der Waals surface area contributed by atoms with E-state index in [1.807, 2.05) is 19.1 Å². The van der Waals surface area contributed by atoms with Crippen LogP contribution in [0.2, 0.25) is 0 Å². The highest BCUT2D eigenvalue weighted by molar-refractivity contribution is 5.60. The highest BCUT2D eigenvalue weighted by Gasteiger charge is 2.33. The number of ether oxygens (including phenoxy) is 1. The fourth-order valence-electron chi connectivity index (χ4n) is 3.76. The highest BCUT2D eigenvalue weighted by Crippen LogP contribution is 2.39. The van der Waals surface area contributed by atoms with Crippen LogP contribution in [-0.2, 0) is 10.9 Å². The summed E-state index contributed by atoms with van der Waals surface area (Å²) in [4.78, 5) is 6.69. The third-order valence-electron chi connectivity index (χ3n) is 5.19. The molecular weight excluding hydrogens is 369 g/mol. The van der Waals surface area contributed by atoms with Gasteiger partial charge < -0.3 is 20.3 Å². The molecule has 1 fully saturated rings. The lowest BCUT2D eigenvalue weighted by Crippen LogP contribution is -2.36. The summed E-state index contributed by atoms with van der Waals surface area (Å²) in [5.74, 6) is 0.652. The van der Waals surface area contributed by atoms with Crippen LogP contribution >= 0.6 is 0 Å². The van der Waals surface area contributed by atoms with Crippen LogP contribution in [-0.4, -0.2) is 37.3 Å². The summed E-state index contributed by atoms with van der Waals surface area (Å²) >= 11 is 0. The number of morpholine rings is 1. The number of alkyl halides is 3. The molecule has 3 heterocycles. The van der Waals surface area contributed by atoms with Crippen molar-refractivity contribution in [3.05, 3.63) is 47.7 Å². The fourth-order valence-corrected chi connectivity index (χ4v) is 3.76. The summed E-state index contributed by atoms with van der Waals surface area (Å²) in [5.41, 5.74) is 1.73. The molecule has 150 valence electrons. The van der Waals surface area contributed by atoms with E-state index in [0.717, 1.165) is 30.5 Å². The largest absolute Gasteiger partial charge is 0.416 e. The Morgan fingerprint density at radius 1 is 1.18 bits per heavy atom. The van der Waals surface area contributed by atoms with Crippen LogP contribution in [0.4, 0.5) is 30.4 Å². The Morgan fingerprint density at radius 3 is 2.64 bits per heavy atom. The van der Waals surface area contributed by atoms with Gasteiger partial charge in [0.15, 0.2) is 0 Å². The maximum absolute atomic E-state index is 13.1. The quantitative estimate of drug-likeness (QED) is 0.816. The molecule has 5 nitrogen and oxygen atoms in total. The second kappa shape index (κ2) is 7.50. The minimum Gasteiger partial charge on any atom is -0.382 e. The number of hydrogen-bond acceptors (Lipinski definition) is 5. The second-order valence-corrected chi connectivity index (χ2v) is 7.28. The van der Waals surface area contributed by atoms with Crippen molar-refractivity contribution in [3.63, 3.8) is 0 Å². The number of benzene rings is 1. The molecular formula is C20H23F3N4O. The molecule has 1 saturated heterocycles. The normalized spacial score (nSPS) is 22.4. The standard InChI is InChI=1S/C20H23F3N4O/c1-13-10-18(16-11-14(20(21,22)23)2-4-17(16)25-13)26-19-5-3-15(12-24-19)27-6-8-28-9-7-27/h2-5,11-13,18,25H,6-10H2,1H3,(H,24,26)/t13-,18+/m1/s1. The Bertz CT molecular complexity index is 819. The maximum atomic E-state index is 13.1. The average Bonchev–Trinajstić information content (AvgIpc) is 2.68. The van der Waals surface area contributed by atoms with Gasteiger partial charge in [-0.3, -0.25) is 0 Å². The first kappa shape index (κ1) is 18.9. The minimum atomic E-state index is -4.36. The predicted molar refractivity (Wildman–Crippen MR) is 103 cm³/mol. The van der Waals surface area contributed by atoms with Crippen molar-refractivity contribution in [1.29, 1.82) is 0 Å². The SMILES string of the molecule is C[C@@H]1C[C@H](Nc2ccc(N3CCOCC3)cn2)c2cc(C(F)(F)F)ccc2N1. The van der Waals surface area contributed by atoms with Crippen molar-refractivity contribution >= 4 is 17.2 Å². The van der Waals surface area contributed by atoms with E-state index in [1.54, 1.807) is 6.20 Å². The van der Waals surface area contributed by atoms with Crippen molar-refractivity contribution in [2.75, 3.05) is 41.8 Å². The van der Waals surface area contributed by atoms with E-state index >= 15 is 0 Å². The summed E-state index contributed by atoms with van der Waals surface area (Å²) < 4.78 is 44.8. The molecule has 2 N–H and O–H groups in total. The molecule has 0 unspecified atom stereocenters. The molecule has 8 heteroatoms. The van der Waals surface area contributed by atoms with Gasteiger partial charge >= 0.3 is 6.18 Å². The third-order valence-corrected chi connectivity index (χ3v) is 5.19. The number of nitrogens with one attached hydrogen (secondary N) is 2. The lowest BCUT2D eigenvalue weighted by molar-refractivity contribution is -0.137. The predicted octanol–water partition coefficient (Wildman–Crippen LogP) is 4.29. The van der Waals surface area contributed by atoms with E-state index in [4.69, 9.17) is 4.74 Å². The zero-order valence-electron chi connectivity index (χ0n) is 15.6. The maximum Gasteiger partial charge on any atom is 0.416 e. The van der Waals surface area contributed by atoms with Crippen LogP contribution in [0.1, 0.15) is 30.5 Å². The van der Waals surface area contributed by atoms with Gasteiger partial charge in [0.05, 0.1) is 36.7 Å². The van der Waals surface area contributed by atoms with Gasteiger partial charge in [0.1, 0.15) is 5.82 Å².